The predicted octanol–water partition coefficient (Wildman–Crippen LogP) is -0.555. The van der Waals surface area contributed by atoms with Crippen LogP contribution in [-0.4, -0.2) is 36.5 Å². The summed E-state index contributed by atoms with van der Waals surface area (Å²) in [5.41, 5.74) is 0. The van der Waals surface area contributed by atoms with Crippen LogP contribution in [0.25, 0.3) is 0 Å². The normalized spacial score (nSPS) is 35.0. The molecule has 0 spiro atoms. The topological polar surface area (TPSA) is 15.0 Å². The van der Waals surface area contributed by atoms with Crippen LogP contribution in [0.15, 0.2) is 0 Å². The third-order valence-corrected chi connectivity index (χ3v) is 1.98. The SMILES string of the molecule is C1=[N+]2CC[C@H](C2)NC1. The molecule has 1 atom stereocenters. The zero-order valence-electron chi connectivity index (χ0n) is 4.93. The van der Waals surface area contributed by atoms with Gasteiger partial charge in [0.15, 0.2) is 12.8 Å². The fourth-order valence-corrected chi connectivity index (χ4v) is 1.47. The number of fused-ring (bicyclic) bond motifs is 2. The van der Waals surface area contributed by atoms with Gasteiger partial charge in [-0.3, -0.25) is 5.32 Å². The van der Waals surface area contributed by atoms with Crippen LogP contribution in [0, 0.1) is 0 Å². The number of hydrogen-bond acceptors (Lipinski definition) is 1. The molecule has 1 fully saturated rings. The van der Waals surface area contributed by atoms with Gasteiger partial charge in [-0.25, -0.2) is 4.58 Å². The largest absolute Gasteiger partial charge is 0.299 e. The molecule has 8 heavy (non-hydrogen) atoms. The van der Waals surface area contributed by atoms with Crippen LogP contribution in [0.3, 0.4) is 0 Å². The second kappa shape index (κ2) is 1.55. The molecule has 2 aliphatic rings. The molecule has 0 aromatic rings. The number of nitrogens with zero attached hydrogens (tertiary/aromatic N) is 1. The van der Waals surface area contributed by atoms with Crippen molar-refractivity contribution < 1.29 is 4.58 Å². The van der Waals surface area contributed by atoms with Gasteiger partial charge in [0.1, 0.15) is 6.54 Å². The van der Waals surface area contributed by atoms with Gasteiger partial charge in [-0.05, 0) is 0 Å². The van der Waals surface area contributed by atoms with E-state index in [9.17, 15) is 0 Å². The van der Waals surface area contributed by atoms with E-state index in [1.807, 2.05) is 0 Å². The summed E-state index contributed by atoms with van der Waals surface area (Å²) < 4.78 is 2.40. The average Bonchev–Trinajstić information content (AvgIpc) is 2.12. The highest BCUT2D eigenvalue weighted by atomic mass is 15.1. The van der Waals surface area contributed by atoms with Gasteiger partial charge >= 0.3 is 0 Å². The summed E-state index contributed by atoms with van der Waals surface area (Å²) in [5, 5.41) is 3.41. The molecule has 0 unspecified atom stereocenters. The Bertz CT molecular complexity index is 126. The lowest BCUT2D eigenvalue weighted by Crippen LogP contribution is -2.37. The molecule has 2 heterocycles. The van der Waals surface area contributed by atoms with E-state index in [1.165, 1.54) is 19.5 Å². The highest BCUT2D eigenvalue weighted by Crippen LogP contribution is 2.04. The maximum absolute atomic E-state index is 3.41. The Morgan fingerprint density at radius 1 is 1.62 bits per heavy atom. The first-order valence-electron chi connectivity index (χ1n) is 3.26. The van der Waals surface area contributed by atoms with Crippen molar-refractivity contribution in [1.82, 2.24) is 5.32 Å². The third kappa shape index (κ3) is 0.564. The van der Waals surface area contributed by atoms with E-state index in [1.54, 1.807) is 0 Å². The lowest BCUT2D eigenvalue weighted by atomic mass is 10.2. The fraction of sp³-hybridized carbons (Fsp3) is 0.833. The van der Waals surface area contributed by atoms with E-state index in [-0.39, 0.29) is 0 Å². The molecule has 2 nitrogen and oxygen atoms in total. The Hall–Kier alpha value is -0.370. The van der Waals surface area contributed by atoms with E-state index in [4.69, 9.17) is 0 Å². The van der Waals surface area contributed by atoms with Crippen LogP contribution in [0.4, 0.5) is 0 Å². The van der Waals surface area contributed by atoms with Crippen LogP contribution in [0.1, 0.15) is 6.42 Å². The zero-order valence-corrected chi connectivity index (χ0v) is 4.93. The van der Waals surface area contributed by atoms with Gasteiger partial charge in [-0.15, -0.1) is 0 Å². The Balaban J connectivity index is 2.22. The summed E-state index contributed by atoms with van der Waals surface area (Å²) in [7, 11) is 0. The minimum absolute atomic E-state index is 0.806. The van der Waals surface area contributed by atoms with E-state index in [2.05, 4.69) is 16.1 Å². The second-order valence-corrected chi connectivity index (χ2v) is 2.57. The molecule has 0 aliphatic carbocycles. The first-order chi connectivity index (χ1) is 3.95. The van der Waals surface area contributed by atoms with Crippen LogP contribution in [0.5, 0.6) is 0 Å². The molecule has 44 valence electrons. The summed E-state index contributed by atoms with van der Waals surface area (Å²) in [5.74, 6) is 0. The number of hydrogen-bond donors (Lipinski definition) is 1. The number of nitrogens with one attached hydrogen (secondary N) is 1. The monoisotopic (exact) mass is 111 g/mol. The lowest BCUT2D eigenvalue weighted by molar-refractivity contribution is -0.505. The van der Waals surface area contributed by atoms with E-state index >= 15 is 0 Å². The van der Waals surface area contributed by atoms with Crippen molar-refractivity contribution in [2.75, 3.05) is 19.6 Å². The van der Waals surface area contributed by atoms with Gasteiger partial charge < -0.3 is 0 Å². The van der Waals surface area contributed by atoms with Gasteiger partial charge in [0.05, 0.1) is 12.6 Å². The Morgan fingerprint density at radius 2 is 2.62 bits per heavy atom. The third-order valence-electron chi connectivity index (χ3n) is 1.98. The quantitative estimate of drug-likeness (QED) is 0.414. The molecule has 2 aliphatic heterocycles. The van der Waals surface area contributed by atoms with Crippen molar-refractivity contribution >= 4 is 6.21 Å². The first kappa shape index (κ1) is 4.50. The highest BCUT2D eigenvalue weighted by Gasteiger charge is 2.27. The molecule has 0 aromatic heterocycles. The van der Waals surface area contributed by atoms with Gasteiger partial charge in [-0.1, -0.05) is 0 Å². The molecule has 2 bridgehead atoms. The van der Waals surface area contributed by atoms with Crippen LogP contribution in [0.2, 0.25) is 0 Å². The van der Waals surface area contributed by atoms with E-state index < -0.39 is 0 Å². The van der Waals surface area contributed by atoms with Gasteiger partial charge in [0.25, 0.3) is 0 Å². The Kier molecular flexibility index (Phi) is 0.875. The van der Waals surface area contributed by atoms with Crippen molar-refractivity contribution in [3.8, 4) is 0 Å². The smallest absolute Gasteiger partial charge is 0.158 e. The average molecular weight is 111 g/mol. The molecule has 2 rings (SSSR count). The minimum atomic E-state index is 0.806. The van der Waals surface area contributed by atoms with Crippen LogP contribution >= 0.6 is 0 Å². The summed E-state index contributed by atoms with van der Waals surface area (Å²) in [4.78, 5) is 0. The van der Waals surface area contributed by atoms with Gasteiger partial charge in [0, 0.05) is 6.42 Å². The van der Waals surface area contributed by atoms with Crippen LogP contribution in [-0.2, 0) is 0 Å². The second-order valence-electron chi connectivity index (χ2n) is 2.57. The Morgan fingerprint density at radius 3 is 3.38 bits per heavy atom. The van der Waals surface area contributed by atoms with Crippen molar-refractivity contribution in [3.63, 3.8) is 0 Å². The summed E-state index contributed by atoms with van der Waals surface area (Å²) in [6, 6.07) is 0.806. The van der Waals surface area contributed by atoms with Crippen molar-refractivity contribution in [2.24, 2.45) is 0 Å². The van der Waals surface area contributed by atoms with Gasteiger partial charge in [-0.2, -0.15) is 0 Å². The number of rotatable bonds is 0. The molecule has 0 saturated carbocycles. The summed E-state index contributed by atoms with van der Waals surface area (Å²) in [6.07, 6.45) is 3.60. The first-order valence-corrected chi connectivity index (χ1v) is 3.26. The summed E-state index contributed by atoms with van der Waals surface area (Å²) >= 11 is 0. The molecule has 1 saturated heterocycles. The summed E-state index contributed by atoms with van der Waals surface area (Å²) in [6.45, 7) is 3.61. The van der Waals surface area contributed by atoms with Crippen molar-refractivity contribution in [3.05, 3.63) is 0 Å². The maximum atomic E-state index is 3.41. The molecule has 1 N–H and O–H groups in total. The van der Waals surface area contributed by atoms with E-state index in [0.717, 1.165) is 12.6 Å². The highest BCUT2D eigenvalue weighted by molar-refractivity contribution is 5.54. The molecular weight excluding hydrogens is 100 g/mol. The van der Waals surface area contributed by atoms with Crippen molar-refractivity contribution in [1.29, 1.82) is 0 Å². The molecule has 0 radical (unpaired) electrons. The fourth-order valence-electron chi connectivity index (χ4n) is 1.47. The maximum Gasteiger partial charge on any atom is 0.158 e. The molecule has 2 heteroatoms. The standard InChI is InChI=1S/C6H11N2/c1-3-8-4-2-7-6(1)5-8/h4,6-7H,1-3,5H2/q+1/t6-/m1/s1. The zero-order chi connectivity index (χ0) is 5.40. The molecule has 0 aromatic carbocycles. The minimum Gasteiger partial charge on any atom is -0.299 e. The predicted molar refractivity (Wildman–Crippen MR) is 32.5 cm³/mol. The molecule has 0 amide bonds. The Labute approximate surface area is 49.2 Å². The van der Waals surface area contributed by atoms with E-state index in [0.29, 0.717) is 0 Å². The van der Waals surface area contributed by atoms with Crippen LogP contribution < -0.4 is 5.32 Å². The van der Waals surface area contributed by atoms with Gasteiger partial charge in [0.2, 0.25) is 0 Å². The lowest BCUT2D eigenvalue weighted by Gasteiger charge is -2.07. The molecular formula is C6H11N2+. The van der Waals surface area contributed by atoms with Crippen molar-refractivity contribution in [2.45, 2.75) is 12.5 Å².